The number of nitrogen functional groups attached to an aromatic ring is 1. The van der Waals surface area contributed by atoms with Crippen LogP contribution in [0.4, 0.5) is 5.82 Å². The molecule has 8 nitrogen and oxygen atoms in total. The van der Waals surface area contributed by atoms with Crippen molar-refractivity contribution < 1.29 is 14.9 Å². The second-order valence-electron chi connectivity index (χ2n) is 4.60. The van der Waals surface area contributed by atoms with Crippen LogP contribution in [0.1, 0.15) is 18.5 Å². The number of anilines is 1. The first-order chi connectivity index (χ1) is 9.63. The Balaban J connectivity index is 2.02. The van der Waals surface area contributed by atoms with E-state index in [0.717, 1.165) is 0 Å². The Morgan fingerprint density at radius 1 is 1.50 bits per heavy atom. The molecular weight excluding hydrogens is 377 g/mol. The monoisotopic (exact) mass is 391 g/mol. The van der Waals surface area contributed by atoms with Crippen LogP contribution in [-0.2, 0) is 9.16 Å². The summed E-state index contributed by atoms with van der Waals surface area (Å²) in [5, 5.41) is 18.9. The lowest BCUT2D eigenvalue weighted by Gasteiger charge is -2.13. The van der Waals surface area contributed by atoms with Gasteiger partial charge in [0, 0.05) is 6.42 Å². The Morgan fingerprint density at radius 3 is 2.95 bits per heavy atom. The average molecular weight is 391 g/mol. The van der Waals surface area contributed by atoms with Gasteiger partial charge in [-0.3, -0.25) is 4.57 Å². The van der Waals surface area contributed by atoms with Gasteiger partial charge in [0.1, 0.15) is 23.7 Å². The maximum absolute atomic E-state index is 9.81. The van der Waals surface area contributed by atoms with Crippen molar-refractivity contribution >= 4 is 39.6 Å². The van der Waals surface area contributed by atoms with Crippen LogP contribution in [0.25, 0.3) is 11.2 Å². The van der Waals surface area contributed by atoms with Crippen LogP contribution in [0, 0.1) is 0 Å². The molecule has 0 amide bonds. The third-order valence-corrected chi connectivity index (χ3v) is 3.99. The van der Waals surface area contributed by atoms with Gasteiger partial charge in [-0.2, -0.15) is 0 Å². The number of nitrogens with zero attached hydrogens (tertiary/aromatic N) is 4. The molecule has 1 aliphatic heterocycles. The van der Waals surface area contributed by atoms with Gasteiger partial charge in [-0.15, -0.1) is 0 Å². The number of fused-ring (bicyclic) bond motifs is 1. The zero-order chi connectivity index (χ0) is 14.3. The summed E-state index contributed by atoms with van der Waals surface area (Å²) >= 11 is 2.16. The molecule has 3 heterocycles. The summed E-state index contributed by atoms with van der Waals surface area (Å²) in [6.07, 6.45) is 0.249. The smallest absolute Gasteiger partial charge is 0.167 e. The van der Waals surface area contributed by atoms with Crippen molar-refractivity contribution in [3.8, 4) is 0 Å². The SMILES string of the molecule is Nc1nc(CI)nc2c1ncn2[C@H]1C[C@@H](O)[C@@H](CO)O1. The van der Waals surface area contributed by atoms with E-state index in [4.69, 9.17) is 15.6 Å². The summed E-state index contributed by atoms with van der Waals surface area (Å²) in [6, 6.07) is 0. The zero-order valence-corrected chi connectivity index (χ0v) is 12.6. The molecular formula is C11H14IN5O3. The molecule has 20 heavy (non-hydrogen) atoms. The highest BCUT2D eigenvalue weighted by atomic mass is 127. The van der Waals surface area contributed by atoms with Crippen LogP contribution in [0.5, 0.6) is 0 Å². The van der Waals surface area contributed by atoms with Crippen LogP contribution < -0.4 is 5.73 Å². The van der Waals surface area contributed by atoms with E-state index in [-0.39, 0.29) is 6.61 Å². The Bertz CT molecular complexity index is 634. The number of aliphatic hydroxyl groups is 2. The quantitative estimate of drug-likeness (QED) is 0.497. The van der Waals surface area contributed by atoms with E-state index < -0.39 is 18.4 Å². The number of imidazole rings is 1. The number of alkyl halides is 1. The first-order valence-electron chi connectivity index (χ1n) is 6.13. The topological polar surface area (TPSA) is 119 Å². The Kier molecular flexibility index (Phi) is 3.75. The fourth-order valence-corrected chi connectivity index (χ4v) is 2.65. The van der Waals surface area contributed by atoms with Crippen molar-refractivity contribution in [2.24, 2.45) is 0 Å². The number of hydrogen-bond donors (Lipinski definition) is 3. The van der Waals surface area contributed by atoms with Crippen molar-refractivity contribution in [1.82, 2.24) is 19.5 Å². The highest BCUT2D eigenvalue weighted by Crippen LogP contribution is 2.31. The summed E-state index contributed by atoms with van der Waals surface area (Å²) in [5.41, 5.74) is 6.97. The zero-order valence-electron chi connectivity index (χ0n) is 10.5. The van der Waals surface area contributed by atoms with Crippen molar-refractivity contribution in [2.45, 2.75) is 29.3 Å². The number of aliphatic hydroxyl groups excluding tert-OH is 2. The highest BCUT2D eigenvalue weighted by molar-refractivity contribution is 14.1. The highest BCUT2D eigenvalue weighted by Gasteiger charge is 2.35. The van der Waals surface area contributed by atoms with Gasteiger partial charge >= 0.3 is 0 Å². The fraction of sp³-hybridized carbons (Fsp3) is 0.545. The molecule has 9 heteroatoms. The number of halogens is 1. The lowest BCUT2D eigenvalue weighted by molar-refractivity contribution is -0.0432. The molecule has 2 aromatic rings. The van der Waals surface area contributed by atoms with Gasteiger partial charge < -0.3 is 20.7 Å². The van der Waals surface area contributed by atoms with E-state index in [1.165, 1.54) is 0 Å². The number of rotatable bonds is 3. The maximum atomic E-state index is 9.81. The molecule has 0 radical (unpaired) electrons. The second-order valence-corrected chi connectivity index (χ2v) is 5.36. The molecule has 0 aromatic carbocycles. The third kappa shape index (κ3) is 2.24. The molecule has 0 bridgehead atoms. The standard InChI is InChI=1S/C11H14IN5O3/c12-2-7-15-10(13)9-11(16-7)17(4-14-9)8-1-5(19)6(3-18)20-8/h4-6,8,18-19H,1-3H2,(H2,13,15,16)/t5-,6-,8-/m1/s1. The lowest BCUT2D eigenvalue weighted by atomic mass is 10.2. The van der Waals surface area contributed by atoms with Crippen molar-refractivity contribution in [2.75, 3.05) is 12.3 Å². The lowest BCUT2D eigenvalue weighted by Crippen LogP contribution is -2.24. The van der Waals surface area contributed by atoms with Gasteiger partial charge in [0.25, 0.3) is 0 Å². The average Bonchev–Trinajstić information content (AvgIpc) is 3.01. The van der Waals surface area contributed by atoms with Gasteiger partial charge in [-0.1, -0.05) is 22.6 Å². The van der Waals surface area contributed by atoms with Crippen molar-refractivity contribution in [3.05, 3.63) is 12.2 Å². The van der Waals surface area contributed by atoms with Crippen LogP contribution >= 0.6 is 22.6 Å². The van der Waals surface area contributed by atoms with Crippen LogP contribution in [-0.4, -0.2) is 48.5 Å². The largest absolute Gasteiger partial charge is 0.394 e. The summed E-state index contributed by atoms with van der Waals surface area (Å²) in [6.45, 7) is -0.222. The van der Waals surface area contributed by atoms with E-state index in [9.17, 15) is 5.11 Å². The molecule has 0 unspecified atom stereocenters. The van der Waals surface area contributed by atoms with Gasteiger partial charge in [-0.05, 0) is 0 Å². The minimum absolute atomic E-state index is 0.222. The number of aromatic nitrogens is 4. The molecule has 3 rings (SSSR count). The summed E-state index contributed by atoms with van der Waals surface area (Å²) in [7, 11) is 0. The van der Waals surface area contributed by atoms with Crippen LogP contribution in [0.15, 0.2) is 6.33 Å². The number of nitrogens with two attached hydrogens (primary N) is 1. The molecule has 0 spiro atoms. The molecule has 0 saturated carbocycles. The molecule has 0 aliphatic carbocycles. The van der Waals surface area contributed by atoms with Gasteiger partial charge in [0.05, 0.1) is 23.5 Å². The predicted octanol–water partition coefficient (Wildman–Crippen LogP) is -0.0158. The molecule has 1 saturated heterocycles. The summed E-state index contributed by atoms with van der Waals surface area (Å²) in [5.74, 6) is 0.951. The predicted molar refractivity (Wildman–Crippen MR) is 79.1 cm³/mol. The van der Waals surface area contributed by atoms with Gasteiger partial charge in [0.2, 0.25) is 0 Å². The summed E-state index contributed by atoms with van der Waals surface area (Å²) in [4.78, 5) is 12.8. The van der Waals surface area contributed by atoms with Gasteiger partial charge in [0.15, 0.2) is 11.5 Å². The van der Waals surface area contributed by atoms with E-state index >= 15 is 0 Å². The van der Waals surface area contributed by atoms with Crippen molar-refractivity contribution in [3.63, 3.8) is 0 Å². The van der Waals surface area contributed by atoms with E-state index in [2.05, 4.69) is 37.5 Å². The molecule has 1 aliphatic rings. The minimum Gasteiger partial charge on any atom is -0.394 e. The van der Waals surface area contributed by atoms with Crippen LogP contribution in [0.3, 0.4) is 0 Å². The number of hydrogen-bond acceptors (Lipinski definition) is 7. The molecule has 4 N–H and O–H groups in total. The Hall–Kier alpha value is -1.04. The Morgan fingerprint density at radius 2 is 2.30 bits per heavy atom. The van der Waals surface area contributed by atoms with E-state index in [1.807, 2.05) is 0 Å². The summed E-state index contributed by atoms with van der Waals surface area (Å²) < 4.78 is 7.97. The van der Waals surface area contributed by atoms with E-state index in [1.54, 1.807) is 10.9 Å². The van der Waals surface area contributed by atoms with Crippen LogP contribution in [0.2, 0.25) is 0 Å². The molecule has 3 atom stereocenters. The maximum Gasteiger partial charge on any atom is 0.167 e. The first-order valence-corrected chi connectivity index (χ1v) is 7.66. The molecule has 2 aromatic heterocycles. The molecule has 108 valence electrons. The second kappa shape index (κ2) is 5.39. The Labute approximate surface area is 128 Å². The minimum atomic E-state index is -0.703. The van der Waals surface area contributed by atoms with Crippen molar-refractivity contribution in [1.29, 1.82) is 0 Å². The normalized spacial score (nSPS) is 26.4. The third-order valence-electron chi connectivity index (χ3n) is 3.31. The molecule has 1 fully saturated rings. The fourth-order valence-electron chi connectivity index (χ4n) is 2.31. The van der Waals surface area contributed by atoms with Gasteiger partial charge in [-0.25, -0.2) is 15.0 Å². The number of ether oxygens (including phenoxy) is 1. The first kappa shape index (κ1) is 13.9. The van der Waals surface area contributed by atoms with E-state index in [0.29, 0.717) is 33.7 Å².